The third kappa shape index (κ3) is 10.1. The van der Waals surface area contributed by atoms with Gasteiger partial charge in [0.1, 0.15) is 6.42 Å². The molecule has 0 rings (SSSR count). The predicted molar refractivity (Wildman–Crippen MR) is 73.3 cm³/mol. The summed E-state index contributed by atoms with van der Waals surface area (Å²) < 4.78 is 4.43. The lowest BCUT2D eigenvalue weighted by Gasteiger charge is -2.09. The summed E-state index contributed by atoms with van der Waals surface area (Å²) in [5, 5.41) is 0. The predicted octanol–water partition coefficient (Wildman–Crippen LogP) is 3.53. The van der Waals surface area contributed by atoms with Crippen molar-refractivity contribution in [2.45, 2.75) is 52.9 Å². The fourth-order valence-electron chi connectivity index (χ4n) is 1.70. The average molecular weight is 254 g/mol. The van der Waals surface area contributed by atoms with Gasteiger partial charge >= 0.3 is 5.97 Å². The first-order chi connectivity index (χ1) is 8.45. The van der Waals surface area contributed by atoms with Crippen LogP contribution in [-0.4, -0.2) is 18.9 Å². The van der Waals surface area contributed by atoms with Crippen LogP contribution in [0, 0.1) is 11.8 Å². The molecule has 0 aliphatic rings. The van der Waals surface area contributed by atoms with E-state index in [-0.39, 0.29) is 12.2 Å². The van der Waals surface area contributed by atoms with Gasteiger partial charge in [0.05, 0.1) is 7.11 Å². The molecule has 0 saturated heterocycles. The molecule has 0 heterocycles. The number of rotatable bonds is 9. The van der Waals surface area contributed by atoms with Crippen molar-refractivity contribution in [3.05, 3.63) is 12.2 Å². The summed E-state index contributed by atoms with van der Waals surface area (Å²) in [7, 11) is 1.29. The third-order valence-electron chi connectivity index (χ3n) is 2.87. The third-order valence-corrected chi connectivity index (χ3v) is 2.87. The van der Waals surface area contributed by atoms with E-state index >= 15 is 0 Å². The fraction of sp³-hybridized carbons (Fsp3) is 0.733. The molecule has 18 heavy (non-hydrogen) atoms. The van der Waals surface area contributed by atoms with Crippen molar-refractivity contribution >= 4 is 11.8 Å². The Hall–Kier alpha value is -1.12. The summed E-state index contributed by atoms with van der Waals surface area (Å²) in [4.78, 5) is 22.2. The number of allylic oxidation sites excluding steroid dienone is 2. The molecule has 0 aromatic carbocycles. The zero-order valence-electron chi connectivity index (χ0n) is 12.1. The maximum Gasteiger partial charge on any atom is 0.313 e. The Labute approximate surface area is 111 Å². The molecule has 0 fully saturated rings. The smallest absolute Gasteiger partial charge is 0.313 e. The Bertz CT molecular complexity index is 279. The lowest BCUT2D eigenvalue weighted by atomic mass is 9.97. The van der Waals surface area contributed by atoms with Crippen LogP contribution in [0.1, 0.15) is 52.9 Å². The van der Waals surface area contributed by atoms with Gasteiger partial charge < -0.3 is 4.74 Å². The van der Waals surface area contributed by atoms with E-state index in [0.29, 0.717) is 5.92 Å². The maximum atomic E-state index is 11.3. The van der Waals surface area contributed by atoms with Crippen molar-refractivity contribution in [2.24, 2.45) is 11.8 Å². The van der Waals surface area contributed by atoms with Crippen molar-refractivity contribution in [3.63, 3.8) is 0 Å². The molecule has 0 radical (unpaired) electrons. The highest BCUT2D eigenvalue weighted by Gasteiger charge is 2.06. The second-order valence-corrected chi connectivity index (χ2v) is 5.29. The van der Waals surface area contributed by atoms with Gasteiger partial charge in [0.15, 0.2) is 5.78 Å². The molecule has 0 saturated carbocycles. The van der Waals surface area contributed by atoms with Crippen LogP contribution < -0.4 is 0 Å². The molecule has 0 aliphatic heterocycles. The summed E-state index contributed by atoms with van der Waals surface area (Å²) in [6.45, 7) is 6.65. The molecule has 0 bridgehead atoms. The van der Waals surface area contributed by atoms with Crippen LogP contribution >= 0.6 is 0 Å². The van der Waals surface area contributed by atoms with Crippen LogP contribution in [0.5, 0.6) is 0 Å². The van der Waals surface area contributed by atoms with Crippen LogP contribution in [0.25, 0.3) is 0 Å². The van der Waals surface area contributed by atoms with Gasteiger partial charge in [-0.25, -0.2) is 0 Å². The Balaban J connectivity index is 3.73. The van der Waals surface area contributed by atoms with Gasteiger partial charge in [-0.05, 0) is 24.3 Å². The normalized spacial score (nSPS) is 12.9. The number of ether oxygens (including phenoxy) is 1. The van der Waals surface area contributed by atoms with Crippen LogP contribution in [0.3, 0.4) is 0 Å². The van der Waals surface area contributed by atoms with Gasteiger partial charge in [-0.1, -0.05) is 46.1 Å². The lowest BCUT2D eigenvalue weighted by molar-refractivity contribution is -0.142. The highest BCUT2D eigenvalue weighted by Crippen LogP contribution is 2.15. The number of hydrogen-bond donors (Lipinski definition) is 0. The van der Waals surface area contributed by atoms with E-state index in [1.807, 2.05) is 6.08 Å². The molecule has 1 unspecified atom stereocenters. The Morgan fingerprint density at radius 2 is 1.83 bits per heavy atom. The molecular formula is C15H26O3. The summed E-state index contributed by atoms with van der Waals surface area (Å²) in [6, 6.07) is 0. The van der Waals surface area contributed by atoms with Gasteiger partial charge in [-0.15, -0.1) is 0 Å². The molecule has 0 aliphatic carbocycles. The number of hydrogen-bond acceptors (Lipinski definition) is 3. The van der Waals surface area contributed by atoms with Crippen LogP contribution in [0.4, 0.5) is 0 Å². The monoisotopic (exact) mass is 254 g/mol. The average Bonchev–Trinajstić information content (AvgIpc) is 2.28. The van der Waals surface area contributed by atoms with Crippen LogP contribution in [0.2, 0.25) is 0 Å². The zero-order valence-corrected chi connectivity index (χ0v) is 12.1. The van der Waals surface area contributed by atoms with Crippen molar-refractivity contribution in [3.8, 4) is 0 Å². The van der Waals surface area contributed by atoms with Gasteiger partial charge in [0.2, 0.25) is 0 Å². The Morgan fingerprint density at radius 1 is 1.17 bits per heavy atom. The molecule has 0 spiro atoms. The van der Waals surface area contributed by atoms with E-state index < -0.39 is 5.97 Å². The SMILES string of the molecule is COC(=O)CC(=O)C=CCC(C)CCCC(C)C. The lowest BCUT2D eigenvalue weighted by Crippen LogP contribution is -2.06. The van der Waals surface area contributed by atoms with E-state index in [9.17, 15) is 9.59 Å². The fourth-order valence-corrected chi connectivity index (χ4v) is 1.70. The van der Waals surface area contributed by atoms with Crippen molar-refractivity contribution in [2.75, 3.05) is 7.11 Å². The van der Waals surface area contributed by atoms with Gasteiger partial charge in [-0.3, -0.25) is 9.59 Å². The van der Waals surface area contributed by atoms with E-state index in [0.717, 1.165) is 12.3 Å². The molecular weight excluding hydrogens is 228 g/mol. The molecule has 0 N–H and O–H groups in total. The summed E-state index contributed by atoms with van der Waals surface area (Å²) in [6.07, 6.45) is 7.78. The standard InChI is InChI=1S/C15H26O3/c1-12(2)7-5-8-13(3)9-6-10-14(16)11-15(17)18-4/h6,10,12-13H,5,7-9,11H2,1-4H3. The molecule has 104 valence electrons. The topological polar surface area (TPSA) is 43.4 Å². The minimum absolute atomic E-state index is 0.158. The number of carbonyl (C=O) groups is 2. The Morgan fingerprint density at radius 3 is 2.39 bits per heavy atom. The van der Waals surface area contributed by atoms with Crippen molar-refractivity contribution < 1.29 is 14.3 Å². The quantitative estimate of drug-likeness (QED) is 0.359. The van der Waals surface area contributed by atoms with Crippen molar-refractivity contribution in [1.29, 1.82) is 0 Å². The van der Waals surface area contributed by atoms with Gasteiger partial charge in [-0.2, -0.15) is 0 Å². The highest BCUT2D eigenvalue weighted by molar-refractivity contribution is 6.01. The van der Waals surface area contributed by atoms with Gasteiger partial charge in [0, 0.05) is 0 Å². The van der Waals surface area contributed by atoms with E-state index in [4.69, 9.17) is 0 Å². The Kier molecular flexibility index (Phi) is 9.25. The summed E-state index contributed by atoms with van der Waals surface area (Å²) in [5.74, 6) is 0.686. The van der Waals surface area contributed by atoms with Crippen molar-refractivity contribution in [1.82, 2.24) is 0 Å². The number of esters is 1. The summed E-state index contributed by atoms with van der Waals surface area (Å²) in [5.41, 5.74) is 0. The first kappa shape index (κ1) is 16.9. The minimum Gasteiger partial charge on any atom is -0.469 e. The molecule has 0 aromatic heterocycles. The maximum absolute atomic E-state index is 11.3. The highest BCUT2D eigenvalue weighted by atomic mass is 16.5. The van der Waals surface area contributed by atoms with Crippen LogP contribution in [0.15, 0.2) is 12.2 Å². The minimum atomic E-state index is -0.477. The number of ketones is 1. The second-order valence-electron chi connectivity index (χ2n) is 5.29. The molecule has 3 nitrogen and oxygen atoms in total. The first-order valence-electron chi connectivity index (χ1n) is 6.71. The largest absolute Gasteiger partial charge is 0.469 e. The first-order valence-corrected chi connectivity index (χ1v) is 6.71. The van der Waals surface area contributed by atoms with Crippen LogP contribution in [-0.2, 0) is 14.3 Å². The molecule has 0 amide bonds. The zero-order chi connectivity index (χ0) is 14.0. The second kappa shape index (κ2) is 9.86. The van der Waals surface area contributed by atoms with E-state index in [1.165, 1.54) is 32.4 Å². The summed E-state index contributed by atoms with van der Waals surface area (Å²) >= 11 is 0. The number of methoxy groups -OCH3 is 1. The number of carbonyl (C=O) groups excluding carboxylic acids is 2. The molecule has 3 heteroatoms. The molecule has 1 atom stereocenters. The molecule has 0 aromatic rings. The van der Waals surface area contributed by atoms with E-state index in [1.54, 1.807) is 0 Å². The van der Waals surface area contributed by atoms with Gasteiger partial charge in [0.25, 0.3) is 0 Å². The van der Waals surface area contributed by atoms with E-state index in [2.05, 4.69) is 25.5 Å².